The number of aromatic amines is 1. The molecule has 74 valence electrons. The summed E-state index contributed by atoms with van der Waals surface area (Å²) in [5.41, 5.74) is 0. The Morgan fingerprint density at radius 3 is 3.08 bits per heavy atom. The second kappa shape index (κ2) is 6.05. The Morgan fingerprint density at radius 2 is 2.54 bits per heavy atom. The van der Waals surface area contributed by atoms with Gasteiger partial charge in [-0.2, -0.15) is 0 Å². The maximum atomic E-state index is 4.16. The molecule has 1 aromatic rings. The summed E-state index contributed by atoms with van der Waals surface area (Å²) in [6.45, 7) is 2.21. The molecule has 0 amide bonds. The van der Waals surface area contributed by atoms with E-state index in [4.69, 9.17) is 0 Å². The zero-order valence-electron chi connectivity index (χ0n) is 8.21. The van der Waals surface area contributed by atoms with Crippen LogP contribution in [-0.4, -0.2) is 28.8 Å². The van der Waals surface area contributed by atoms with Crippen molar-refractivity contribution < 1.29 is 0 Å². The van der Waals surface area contributed by atoms with Crippen molar-refractivity contribution in [1.29, 1.82) is 0 Å². The Morgan fingerprint density at radius 1 is 1.69 bits per heavy atom. The molecule has 0 radical (unpaired) electrons. The summed E-state index contributed by atoms with van der Waals surface area (Å²) < 4.78 is 0. The molecule has 0 saturated carbocycles. The molecular formula is C9H17N3S. The molecule has 4 heteroatoms. The Hall–Kier alpha value is -0.480. The lowest BCUT2D eigenvalue weighted by Crippen LogP contribution is -2.27. The molecule has 3 nitrogen and oxygen atoms in total. The first-order chi connectivity index (χ1) is 6.36. The quantitative estimate of drug-likeness (QED) is 0.687. The highest BCUT2D eigenvalue weighted by Gasteiger charge is 2.05. The molecule has 1 rings (SSSR count). The lowest BCUT2D eigenvalue weighted by molar-refractivity contribution is 0.564. The van der Waals surface area contributed by atoms with E-state index < -0.39 is 0 Å². The summed E-state index contributed by atoms with van der Waals surface area (Å²) in [5.74, 6) is 1.08. The van der Waals surface area contributed by atoms with Crippen LogP contribution in [0, 0.1) is 0 Å². The standard InChI is InChI=1S/C9H17N3S/c1-3-4-8(10-2)7-13-9-11-5-6-12-9/h5-6,8,10H,3-4,7H2,1-2H3,(H,11,12). The van der Waals surface area contributed by atoms with Crippen LogP contribution in [-0.2, 0) is 0 Å². The first kappa shape index (κ1) is 10.6. The van der Waals surface area contributed by atoms with Gasteiger partial charge >= 0.3 is 0 Å². The Balaban J connectivity index is 2.23. The van der Waals surface area contributed by atoms with Crippen LogP contribution in [0.1, 0.15) is 19.8 Å². The van der Waals surface area contributed by atoms with Crippen LogP contribution in [0.4, 0.5) is 0 Å². The summed E-state index contributed by atoms with van der Waals surface area (Å²) >= 11 is 1.77. The number of nitrogens with one attached hydrogen (secondary N) is 2. The number of H-pyrrole nitrogens is 1. The number of thioether (sulfide) groups is 1. The molecule has 0 aliphatic carbocycles. The minimum Gasteiger partial charge on any atom is -0.340 e. The number of hydrogen-bond acceptors (Lipinski definition) is 3. The van der Waals surface area contributed by atoms with Crippen molar-refractivity contribution in [1.82, 2.24) is 15.3 Å². The van der Waals surface area contributed by atoms with Gasteiger partial charge < -0.3 is 10.3 Å². The smallest absolute Gasteiger partial charge is 0.165 e. The third-order valence-electron chi connectivity index (χ3n) is 1.94. The maximum Gasteiger partial charge on any atom is 0.165 e. The second-order valence-corrected chi connectivity index (χ2v) is 3.99. The average Bonchev–Trinajstić information content (AvgIpc) is 2.64. The van der Waals surface area contributed by atoms with E-state index in [0.29, 0.717) is 6.04 Å². The van der Waals surface area contributed by atoms with Crippen LogP contribution in [0.5, 0.6) is 0 Å². The van der Waals surface area contributed by atoms with Crippen LogP contribution >= 0.6 is 11.8 Å². The molecule has 0 aromatic carbocycles. The third-order valence-corrected chi connectivity index (χ3v) is 3.01. The van der Waals surface area contributed by atoms with E-state index in [0.717, 1.165) is 10.9 Å². The van der Waals surface area contributed by atoms with Crippen molar-refractivity contribution in [3.63, 3.8) is 0 Å². The van der Waals surface area contributed by atoms with E-state index in [1.807, 2.05) is 13.2 Å². The van der Waals surface area contributed by atoms with Gasteiger partial charge in [-0.25, -0.2) is 4.98 Å². The van der Waals surface area contributed by atoms with Crippen molar-refractivity contribution in [2.75, 3.05) is 12.8 Å². The molecule has 0 bridgehead atoms. The van der Waals surface area contributed by atoms with E-state index in [-0.39, 0.29) is 0 Å². The molecule has 1 atom stereocenters. The van der Waals surface area contributed by atoms with Gasteiger partial charge in [-0.05, 0) is 13.5 Å². The molecule has 0 aliphatic rings. The van der Waals surface area contributed by atoms with Crippen LogP contribution in [0.25, 0.3) is 0 Å². The SMILES string of the molecule is CCCC(CSc1ncc[nH]1)NC. The molecule has 1 unspecified atom stereocenters. The maximum absolute atomic E-state index is 4.16. The van der Waals surface area contributed by atoms with E-state index in [9.17, 15) is 0 Å². The van der Waals surface area contributed by atoms with Gasteiger partial charge in [0.15, 0.2) is 5.16 Å². The molecule has 1 heterocycles. The first-order valence-electron chi connectivity index (χ1n) is 4.66. The Kier molecular flexibility index (Phi) is 4.93. The van der Waals surface area contributed by atoms with Gasteiger partial charge in [0, 0.05) is 24.2 Å². The van der Waals surface area contributed by atoms with Gasteiger partial charge in [-0.15, -0.1) is 0 Å². The van der Waals surface area contributed by atoms with Crippen LogP contribution in [0.15, 0.2) is 17.6 Å². The fourth-order valence-electron chi connectivity index (χ4n) is 1.17. The van der Waals surface area contributed by atoms with Gasteiger partial charge in [0.25, 0.3) is 0 Å². The summed E-state index contributed by atoms with van der Waals surface area (Å²) in [6.07, 6.45) is 6.10. The number of rotatable bonds is 6. The molecule has 1 aromatic heterocycles. The van der Waals surface area contributed by atoms with Crippen molar-refractivity contribution in [2.24, 2.45) is 0 Å². The molecule has 2 N–H and O–H groups in total. The number of hydrogen-bond donors (Lipinski definition) is 2. The second-order valence-electron chi connectivity index (χ2n) is 2.98. The van der Waals surface area contributed by atoms with E-state index in [1.54, 1.807) is 18.0 Å². The van der Waals surface area contributed by atoms with Crippen LogP contribution < -0.4 is 5.32 Å². The molecular weight excluding hydrogens is 182 g/mol. The van der Waals surface area contributed by atoms with Gasteiger partial charge in [0.05, 0.1) is 0 Å². The van der Waals surface area contributed by atoms with Crippen molar-refractivity contribution in [2.45, 2.75) is 31.0 Å². The van der Waals surface area contributed by atoms with Crippen LogP contribution in [0.2, 0.25) is 0 Å². The number of aromatic nitrogens is 2. The predicted octanol–water partition coefficient (Wildman–Crippen LogP) is 1.89. The lowest BCUT2D eigenvalue weighted by Gasteiger charge is -2.13. The zero-order valence-corrected chi connectivity index (χ0v) is 9.03. The summed E-state index contributed by atoms with van der Waals surface area (Å²) in [4.78, 5) is 7.25. The normalized spacial score (nSPS) is 13.1. The Bertz CT molecular complexity index is 211. The minimum absolute atomic E-state index is 0.597. The van der Waals surface area contributed by atoms with Crippen molar-refractivity contribution in [3.05, 3.63) is 12.4 Å². The predicted molar refractivity (Wildman–Crippen MR) is 57.1 cm³/mol. The molecule has 13 heavy (non-hydrogen) atoms. The van der Waals surface area contributed by atoms with Gasteiger partial charge in [-0.1, -0.05) is 25.1 Å². The highest BCUT2D eigenvalue weighted by atomic mass is 32.2. The van der Waals surface area contributed by atoms with E-state index in [2.05, 4.69) is 22.2 Å². The molecule has 0 aliphatic heterocycles. The lowest BCUT2D eigenvalue weighted by atomic mass is 10.2. The highest BCUT2D eigenvalue weighted by molar-refractivity contribution is 7.99. The van der Waals surface area contributed by atoms with Gasteiger partial charge in [0.2, 0.25) is 0 Å². The Labute approximate surface area is 83.7 Å². The van der Waals surface area contributed by atoms with E-state index >= 15 is 0 Å². The summed E-state index contributed by atoms with van der Waals surface area (Å²) in [6, 6.07) is 0.597. The number of imidazole rings is 1. The summed E-state index contributed by atoms with van der Waals surface area (Å²) in [7, 11) is 2.02. The first-order valence-corrected chi connectivity index (χ1v) is 5.64. The average molecular weight is 199 g/mol. The highest BCUT2D eigenvalue weighted by Crippen LogP contribution is 2.14. The van der Waals surface area contributed by atoms with Gasteiger partial charge in [0.1, 0.15) is 0 Å². The zero-order chi connectivity index (χ0) is 9.52. The largest absolute Gasteiger partial charge is 0.340 e. The van der Waals surface area contributed by atoms with E-state index in [1.165, 1.54) is 12.8 Å². The number of nitrogens with zero attached hydrogens (tertiary/aromatic N) is 1. The van der Waals surface area contributed by atoms with Crippen LogP contribution in [0.3, 0.4) is 0 Å². The fraction of sp³-hybridized carbons (Fsp3) is 0.667. The van der Waals surface area contributed by atoms with Crippen molar-refractivity contribution >= 4 is 11.8 Å². The van der Waals surface area contributed by atoms with Gasteiger partial charge in [-0.3, -0.25) is 0 Å². The monoisotopic (exact) mass is 199 g/mol. The fourth-order valence-corrected chi connectivity index (χ4v) is 2.15. The third kappa shape index (κ3) is 3.83. The van der Waals surface area contributed by atoms with Crippen molar-refractivity contribution in [3.8, 4) is 0 Å². The minimum atomic E-state index is 0.597. The molecule has 0 saturated heterocycles. The molecule has 0 fully saturated rings. The topological polar surface area (TPSA) is 40.7 Å². The summed E-state index contributed by atoms with van der Waals surface area (Å²) in [5, 5.41) is 4.31. The molecule has 0 spiro atoms.